The molecule has 5 aromatic rings. The van der Waals surface area contributed by atoms with E-state index in [2.05, 4.69) is 80.7 Å². The molecule has 2 aliphatic rings. The smallest absolute Gasteiger partial charge is 0.407 e. The first-order valence-corrected chi connectivity index (χ1v) is 21.9. The van der Waals surface area contributed by atoms with E-state index in [1.165, 1.54) is 14.2 Å². The van der Waals surface area contributed by atoms with Crippen molar-refractivity contribution >= 4 is 34.8 Å². The van der Waals surface area contributed by atoms with Crippen LogP contribution in [0.15, 0.2) is 85.2 Å². The number of nitrogens with one attached hydrogen (secondary N) is 4. The number of H-pyrrole nitrogens is 2. The number of methoxy groups -OCH3 is 3. The van der Waals surface area contributed by atoms with Crippen molar-refractivity contribution < 1.29 is 33.4 Å². The zero-order chi connectivity index (χ0) is 45.9. The molecule has 1 aliphatic carbocycles. The monoisotopic (exact) mass is 872 g/mol. The SMILES string of the molecule is C=C1[C@@H](c2ncc(-c3ccc4cc(-c5ccc(-c6cnc(CN(C[C@@H](C)COC)C(=O)[C@@H](NC(=O)OC)C(C)C)[nH]6)cc5)ccc4c3)[nH]2)N(C(=O)[C@@H](NC(=O)OC)C(C)C)CC12CC2. The predicted octanol–water partition coefficient (Wildman–Crippen LogP) is 7.88. The van der Waals surface area contributed by atoms with Gasteiger partial charge < -0.3 is 44.6 Å². The minimum Gasteiger partial charge on any atom is -0.453 e. The number of ether oxygens (including phenoxy) is 3. The minimum atomic E-state index is -0.765. The summed E-state index contributed by atoms with van der Waals surface area (Å²) in [5, 5.41) is 7.58. The van der Waals surface area contributed by atoms with Gasteiger partial charge in [0.2, 0.25) is 11.8 Å². The van der Waals surface area contributed by atoms with Gasteiger partial charge in [-0.2, -0.15) is 0 Å². The van der Waals surface area contributed by atoms with Gasteiger partial charge in [-0.1, -0.05) is 89.7 Å². The number of carbonyl (C=O) groups excluding carboxylic acids is 4. The van der Waals surface area contributed by atoms with Gasteiger partial charge in [-0.3, -0.25) is 9.59 Å². The van der Waals surface area contributed by atoms with Gasteiger partial charge in [0, 0.05) is 31.2 Å². The second kappa shape index (κ2) is 19.1. The Morgan fingerprint density at radius 2 is 1.34 bits per heavy atom. The molecule has 15 nitrogen and oxygen atoms in total. The summed E-state index contributed by atoms with van der Waals surface area (Å²) in [5.74, 6) is 0.612. The lowest BCUT2D eigenvalue weighted by molar-refractivity contribution is -0.136. The standard InChI is InChI=1S/C49H60N8O7/c1-28(2)41(54-47(60)63-8)45(58)56(24-30(5)26-62-7)25-40-50-22-38(52-40)33-12-10-32(11-13-33)34-14-15-36-21-37(17-16-35(36)20-34)39-23-51-44(53-39)43-31(6)49(18-19-49)27-57(43)46(59)42(29(3)4)55-48(61)64-9/h10-17,20-23,28-30,41-43H,6,18-19,24-27H2,1-5,7-9H3,(H,50,52)(H,51,53)(H,54,60)(H,55,61)/t30-,41+,42+,43+/m1/s1. The Balaban J connectivity index is 1.05. The van der Waals surface area contributed by atoms with Gasteiger partial charge in [0.15, 0.2) is 0 Å². The Labute approximate surface area is 374 Å². The number of carbonyl (C=O) groups is 4. The molecule has 1 saturated carbocycles. The molecule has 4 N–H and O–H groups in total. The van der Waals surface area contributed by atoms with Crippen LogP contribution in [0.2, 0.25) is 0 Å². The Hall–Kier alpha value is -6.48. The molecule has 4 amide bonds. The normalized spacial score (nSPS) is 16.8. The third-order valence-electron chi connectivity index (χ3n) is 12.5. The van der Waals surface area contributed by atoms with Crippen molar-refractivity contribution in [1.29, 1.82) is 0 Å². The van der Waals surface area contributed by atoms with E-state index < -0.39 is 30.3 Å². The van der Waals surface area contributed by atoms with Gasteiger partial charge in [0.05, 0.1) is 51.2 Å². The maximum Gasteiger partial charge on any atom is 0.407 e. The number of fused-ring (bicyclic) bond motifs is 1. The highest BCUT2D eigenvalue weighted by molar-refractivity contribution is 5.91. The van der Waals surface area contributed by atoms with Gasteiger partial charge in [-0.05, 0) is 75.8 Å². The van der Waals surface area contributed by atoms with E-state index in [0.717, 1.165) is 62.8 Å². The number of aromatic amines is 2. The van der Waals surface area contributed by atoms with E-state index in [0.29, 0.717) is 31.3 Å². The number of hydrogen-bond acceptors (Lipinski definition) is 9. The zero-order valence-corrected chi connectivity index (χ0v) is 38.0. The summed E-state index contributed by atoms with van der Waals surface area (Å²) in [6.07, 6.45) is 4.22. The fraction of sp³-hybridized carbons (Fsp3) is 0.429. The van der Waals surface area contributed by atoms with E-state index in [4.69, 9.17) is 19.2 Å². The van der Waals surface area contributed by atoms with Crippen molar-refractivity contribution in [3.8, 4) is 33.6 Å². The number of aromatic nitrogens is 4. The van der Waals surface area contributed by atoms with Crippen LogP contribution in [-0.4, -0.2) is 107 Å². The molecule has 64 heavy (non-hydrogen) atoms. The van der Waals surface area contributed by atoms with Crippen LogP contribution in [0, 0.1) is 23.2 Å². The fourth-order valence-corrected chi connectivity index (χ4v) is 8.69. The van der Waals surface area contributed by atoms with Crippen molar-refractivity contribution in [3.63, 3.8) is 0 Å². The summed E-state index contributed by atoms with van der Waals surface area (Å²) in [5.41, 5.74) is 6.54. The lowest BCUT2D eigenvalue weighted by atomic mass is 9.96. The van der Waals surface area contributed by atoms with Gasteiger partial charge in [-0.25, -0.2) is 19.6 Å². The summed E-state index contributed by atoms with van der Waals surface area (Å²) < 4.78 is 15.0. The highest BCUT2D eigenvalue weighted by Crippen LogP contribution is 2.61. The Kier molecular flexibility index (Phi) is 13.6. The van der Waals surface area contributed by atoms with Crippen LogP contribution >= 0.6 is 0 Å². The second-order valence-corrected chi connectivity index (χ2v) is 17.9. The van der Waals surface area contributed by atoms with Crippen molar-refractivity contribution in [2.75, 3.05) is 41.0 Å². The van der Waals surface area contributed by atoms with Crippen LogP contribution < -0.4 is 10.6 Å². The first kappa shape index (κ1) is 45.5. The van der Waals surface area contributed by atoms with Crippen molar-refractivity contribution in [2.45, 2.75) is 72.1 Å². The number of hydrogen-bond donors (Lipinski definition) is 4. The summed E-state index contributed by atoms with van der Waals surface area (Å²) in [4.78, 5) is 71.9. The molecule has 1 saturated heterocycles. The van der Waals surface area contributed by atoms with Gasteiger partial charge in [-0.15, -0.1) is 0 Å². The molecule has 3 aromatic carbocycles. The number of imidazole rings is 2. The molecule has 2 aromatic heterocycles. The number of nitrogens with zero attached hydrogens (tertiary/aromatic N) is 4. The molecule has 15 heteroatoms. The van der Waals surface area contributed by atoms with Gasteiger partial charge >= 0.3 is 12.2 Å². The van der Waals surface area contributed by atoms with Crippen molar-refractivity contribution in [3.05, 3.63) is 96.9 Å². The van der Waals surface area contributed by atoms with Gasteiger partial charge in [0.1, 0.15) is 29.8 Å². The second-order valence-electron chi connectivity index (χ2n) is 17.9. The number of likely N-dealkylation sites (tertiary alicyclic amines) is 1. The molecule has 0 unspecified atom stereocenters. The predicted molar refractivity (Wildman–Crippen MR) is 245 cm³/mol. The summed E-state index contributed by atoms with van der Waals surface area (Å²) >= 11 is 0. The van der Waals surface area contributed by atoms with Crippen molar-refractivity contribution in [1.82, 2.24) is 40.4 Å². The fourth-order valence-electron chi connectivity index (χ4n) is 8.69. The number of rotatable bonds is 16. The quantitative estimate of drug-likeness (QED) is 0.0717. The topological polar surface area (TPSA) is 184 Å². The first-order valence-electron chi connectivity index (χ1n) is 21.9. The average molecular weight is 873 g/mol. The van der Waals surface area contributed by atoms with Crippen LogP contribution in [0.4, 0.5) is 9.59 Å². The number of benzene rings is 3. The zero-order valence-electron chi connectivity index (χ0n) is 38.0. The first-order chi connectivity index (χ1) is 30.6. The van der Waals surface area contributed by atoms with E-state index in [1.807, 2.05) is 57.8 Å². The molecule has 0 bridgehead atoms. The molecule has 7 rings (SSSR count). The molecule has 338 valence electrons. The summed E-state index contributed by atoms with van der Waals surface area (Å²) in [6, 6.07) is 19.0. The average Bonchev–Trinajstić information content (AvgIpc) is 3.54. The highest BCUT2D eigenvalue weighted by atomic mass is 16.5. The Bertz CT molecular complexity index is 2510. The van der Waals surface area contributed by atoms with Crippen LogP contribution in [0.5, 0.6) is 0 Å². The molecule has 1 aliphatic heterocycles. The lowest BCUT2D eigenvalue weighted by Crippen LogP contribution is -2.52. The summed E-state index contributed by atoms with van der Waals surface area (Å²) in [7, 11) is 4.20. The summed E-state index contributed by atoms with van der Waals surface area (Å²) in [6.45, 7) is 15.7. The minimum absolute atomic E-state index is 0.0521. The van der Waals surface area contributed by atoms with E-state index in [9.17, 15) is 19.2 Å². The van der Waals surface area contributed by atoms with Crippen molar-refractivity contribution in [2.24, 2.45) is 23.2 Å². The number of alkyl carbamates (subject to hydrolysis) is 2. The van der Waals surface area contributed by atoms with Gasteiger partial charge in [0.25, 0.3) is 0 Å². The lowest BCUT2D eigenvalue weighted by Gasteiger charge is -2.30. The Morgan fingerprint density at radius 1 is 0.781 bits per heavy atom. The maximum absolute atomic E-state index is 14.0. The molecule has 3 heterocycles. The largest absolute Gasteiger partial charge is 0.453 e. The molecule has 0 radical (unpaired) electrons. The Morgan fingerprint density at radius 3 is 1.95 bits per heavy atom. The van der Waals surface area contributed by atoms with Crippen LogP contribution in [0.1, 0.15) is 65.2 Å². The molecule has 1 spiro atoms. The third kappa shape index (κ3) is 9.69. The van der Waals surface area contributed by atoms with E-state index in [1.54, 1.807) is 18.2 Å². The van der Waals surface area contributed by atoms with Crippen LogP contribution in [0.25, 0.3) is 44.4 Å². The third-order valence-corrected chi connectivity index (χ3v) is 12.5. The van der Waals surface area contributed by atoms with Crippen LogP contribution in [-0.2, 0) is 30.3 Å². The maximum atomic E-state index is 14.0. The molecule has 2 fully saturated rings. The van der Waals surface area contributed by atoms with E-state index in [-0.39, 0.29) is 41.5 Å². The molecule has 4 atom stereocenters. The molecular weight excluding hydrogens is 813 g/mol. The van der Waals surface area contributed by atoms with E-state index >= 15 is 0 Å². The van der Waals surface area contributed by atoms with Crippen LogP contribution in [0.3, 0.4) is 0 Å². The number of amides is 4. The molecular formula is C49H60N8O7. The highest BCUT2D eigenvalue weighted by Gasteiger charge is 2.58.